The number of aliphatic hydroxyl groups is 3. The van der Waals surface area contributed by atoms with Gasteiger partial charge in [0.15, 0.2) is 6.23 Å². The minimum Gasteiger partial charge on any atom is -0.394 e. The van der Waals surface area contributed by atoms with E-state index < -0.39 is 24.5 Å². The van der Waals surface area contributed by atoms with Crippen molar-refractivity contribution in [1.29, 1.82) is 0 Å². The van der Waals surface area contributed by atoms with Gasteiger partial charge in [0.25, 0.3) is 0 Å². The molecule has 3 heterocycles. The summed E-state index contributed by atoms with van der Waals surface area (Å²) < 4.78 is 7.24. The standard InChI is InChI=1S/C13H17N3O4S/c1-5-6(2)14-11-7(5)3-16(13(21)15-11)12-10(19)9(18)8(4-17)20-12/h3,8-10,12,17-19H,4H2,1-2H3,(H,14,15,21)/t8-,9?,10+,12-/m1/s1. The third kappa shape index (κ3) is 2.19. The summed E-state index contributed by atoms with van der Waals surface area (Å²) in [7, 11) is 0. The van der Waals surface area contributed by atoms with Gasteiger partial charge in [0.1, 0.15) is 24.0 Å². The second kappa shape index (κ2) is 5.15. The number of nitrogens with one attached hydrogen (secondary N) is 1. The zero-order valence-electron chi connectivity index (χ0n) is 11.6. The lowest BCUT2D eigenvalue weighted by molar-refractivity contribution is -0.0538. The van der Waals surface area contributed by atoms with Gasteiger partial charge >= 0.3 is 0 Å². The maximum absolute atomic E-state index is 10.1. The van der Waals surface area contributed by atoms with Gasteiger partial charge in [-0.3, -0.25) is 4.57 Å². The molecule has 3 rings (SSSR count). The molecule has 0 aliphatic carbocycles. The lowest BCUT2D eigenvalue weighted by Crippen LogP contribution is -2.33. The number of hydrogen-bond acceptors (Lipinski definition) is 6. The van der Waals surface area contributed by atoms with Crippen LogP contribution in [0.1, 0.15) is 17.5 Å². The highest BCUT2D eigenvalue weighted by Crippen LogP contribution is 2.30. The Morgan fingerprint density at radius 1 is 1.38 bits per heavy atom. The summed E-state index contributed by atoms with van der Waals surface area (Å²) in [5.41, 5.74) is 2.71. The Bertz CT molecular complexity index is 741. The SMILES string of the molecule is Cc1[nH]c2nc(=S)n([C@@H]3O[C@H](CO)C(O)[C@@H]3O)cc2c1C. The van der Waals surface area contributed by atoms with Crippen LogP contribution in [0.25, 0.3) is 11.0 Å². The molecule has 1 aliphatic rings. The van der Waals surface area contributed by atoms with E-state index in [1.54, 1.807) is 6.20 Å². The highest BCUT2D eigenvalue weighted by molar-refractivity contribution is 7.71. The van der Waals surface area contributed by atoms with Crippen molar-refractivity contribution in [3.8, 4) is 0 Å². The fourth-order valence-electron chi connectivity index (χ4n) is 2.60. The van der Waals surface area contributed by atoms with Crippen molar-refractivity contribution >= 4 is 23.3 Å². The Labute approximate surface area is 125 Å². The van der Waals surface area contributed by atoms with Crippen LogP contribution in [0.2, 0.25) is 0 Å². The van der Waals surface area contributed by atoms with Gasteiger partial charge in [-0.25, -0.2) is 4.98 Å². The molecule has 8 heteroatoms. The summed E-state index contributed by atoms with van der Waals surface area (Å²) in [5, 5.41) is 30.0. The third-order valence-electron chi connectivity index (χ3n) is 4.02. The molecule has 7 nitrogen and oxygen atoms in total. The van der Waals surface area contributed by atoms with E-state index in [1.807, 2.05) is 13.8 Å². The van der Waals surface area contributed by atoms with Crippen LogP contribution in [-0.4, -0.2) is 54.8 Å². The summed E-state index contributed by atoms with van der Waals surface area (Å²) in [6.45, 7) is 3.53. The maximum Gasteiger partial charge on any atom is 0.203 e. The number of aryl methyl sites for hydroxylation is 2. The summed E-state index contributed by atoms with van der Waals surface area (Å²) in [6.07, 6.45) is -2.28. The topological polar surface area (TPSA) is 104 Å². The normalized spacial score (nSPS) is 29.4. The van der Waals surface area contributed by atoms with E-state index in [1.165, 1.54) is 4.57 Å². The van der Waals surface area contributed by atoms with Crippen LogP contribution >= 0.6 is 12.2 Å². The molecule has 4 N–H and O–H groups in total. The summed E-state index contributed by atoms with van der Waals surface area (Å²) in [6, 6.07) is 0. The number of ether oxygens (including phenoxy) is 1. The number of nitrogens with zero attached hydrogens (tertiary/aromatic N) is 2. The lowest BCUT2D eigenvalue weighted by Gasteiger charge is -2.18. The Hall–Kier alpha value is -1.32. The molecule has 114 valence electrons. The van der Waals surface area contributed by atoms with Crippen LogP contribution in [0.3, 0.4) is 0 Å². The molecule has 0 saturated carbocycles. The Kier molecular flexibility index (Phi) is 3.58. The van der Waals surface area contributed by atoms with Crippen LogP contribution in [0.4, 0.5) is 0 Å². The molecule has 2 aromatic rings. The van der Waals surface area contributed by atoms with Crippen molar-refractivity contribution in [2.75, 3.05) is 6.61 Å². The second-order valence-electron chi connectivity index (χ2n) is 5.30. The minimum absolute atomic E-state index is 0.235. The Morgan fingerprint density at radius 2 is 2.10 bits per heavy atom. The van der Waals surface area contributed by atoms with Crippen LogP contribution in [0.5, 0.6) is 0 Å². The number of aliphatic hydroxyl groups excluding tert-OH is 3. The zero-order valence-corrected chi connectivity index (χ0v) is 12.5. The van der Waals surface area contributed by atoms with Gasteiger partial charge in [-0.15, -0.1) is 0 Å². The molecule has 2 aromatic heterocycles. The van der Waals surface area contributed by atoms with Gasteiger partial charge in [-0.05, 0) is 31.6 Å². The average Bonchev–Trinajstić information content (AvgIpc) is 2.88. The zero-order chi connectivity index (χ0) is 15.3. The Balaban J connectivity index is 2.10. The van der Waals surface area contributed by atoms with Crippen molar-refractivity contribution in [1.82, 2.24) is 14.5 Å². The first-order chi connectivity index (χ1) is 9.93. The molecular weight excluding hydrogens is 294 g/mol. The molecule has 0 radical (unpaired) electrons. The van der Waals surface area contributed by atoms with E-state index in [0.29, 0.717) is 5.65 Å². The van der Waals surface area contributed by atoms with Crippen LogP contribution in [0, 0.1) is 18.6 Å². The Morgan fingerprint density at radius 3 is 2.71 bits per heavy atom. The molecule has 0 amide bonds. The number of aromatic nitrogens is 3. The molecule has 0 bridgehead atoms. The van der Waals surface area contributed by atoms with E-state index in [2.05, 4.69) is 9.97 Å². The van der Waals surface area contributed by atoms with Crippen molar-refractivity contribution in [3.63, 3.8) is 0 Å². The quantitative estimate of drug-likeness (QED) is 0.596. The molecule has 1 aliphatic heterocycles. The molecule has 0 spiro atoms. The molecule has 1 saturated heterocycles. The predicted molar refractivity (Wildman–Crippen MR) is 77.4 cm³/mol. The van der Waals surface area contributed by atoms with Crippen LogP contribution < -0.4 is 0 Å². The first-order valence-electron chi connectivity index (χ1n) is 6.64. The second-order valence-corrected chi connectivity index (χ2v) is 5.66. The van der Waals surface area contributed by atoms with Crippen LogP contribution in [0.15, 0.2) is 6.20 Å². The van der Waals surface area contributed by atoms with Crippen molar-refractivity contribution in [3.05, 3.63) is 22.2 Å². The van der Waals surface area contributed by atoms with Gasteiger partial charge in [-0.2, -0.15) is 0 Å². The van der Waals surface area contributed by atoms with E-state index in [-0.39, 0.29) is 11.4 Å². The number of hydrogen-bond donors (Lipinski definition) is 4. The van der Waals surface area contributed by atoms with E-state index in [4.69, 9.17) is 22.1 Å². The van der Waals surface area contributed by atoms with Gasteiger partial charge in [0.2, 0.25) is 4.77 Å². The average molecular weight is 311 g/mol. The number of H-pyrrole nitrogens is 1. The van der Waals surface area contributed by atoms with E-state index in [0.717, 1.165) is 16.6 Å². The molecule has 21 heavy (non-hydrogen) atoms. The predicted octanol–water partition coefficient (Wildman–Crippen LogP) is 0.322. The van der Waals surface area contributed by atoms with Gasteiger partial charge in [0.05, 0.1) is 6.61 Å². The molecule has 1 unspecified atom stereocenters. The first kappa shape index (κ1) is 14.6. The smallest absolute Gasteiger partial charge is 0.203 e. The third-order valence-corrected chi connectivity index (χ3v) is 4.32. The number of rotatable bonds is 2. The van der Waals surface area contributed by atoms with Crippen molar-refractivity contribution in [2.45, 2.75) is 38.4 Å². The van der Waals surface area contributed by atoms with E-state index in [9.17, 15) is 10.2 Å². The number of aromatic amines is 1. The minimum atomic E-state index is -1.17. The molecule has 0 aromatic carbocycles. The summed E-state index contributed by atoms with van der Waals surface area (Å²) in [4.78, 5) is 7.44. The molecule has 1 fully saturated rings. The van der Waals surface area contributed by atoms with Crippen LogP contribution in [-0.2, 0) is 4.74 Å². The van der Waals surface area contributed by atoms with Gasteiger partial charge in [-0.1, -0.05) is 0 Å². The number of fused-ring (bicyclic) bond motifs is 1. The first-order valence-corrected chi connectivity index (χ1v) is 7.05. The van der Waals surface area contributed by atoms with E-state index >= 15 is 0 Å². The monoisotopic (exact) mass is 311 g/mol. The van der Waals surface area contributed by atoms with Gasteiger partial charge in [0, 0.05) is 17.3 Å². The fraction of sp³-hybridized carbons (Fsp3) is 0.538. The summed E-state index contributed by atoms with van der Waals surface area (Å²) >= 11 is 5.23. The molecule has 4 atom stereocenters. The lowest BCUT2D eigenvalue weighted by atomic mass is 10.1. The highest BCUT2D eigenvalue weighted by Gasteiger charge is 2.43. The van der Waals surface area contributed by atoms with Crippen molar-refractivity contribution < 1.29 is 20.1 Å². The van der Waals surface area contributed by atoms with Crippen molar-refractivity contribution in [2.24, 2.45) is 0 Å². The molecular formula is C13H17N3O4S. The largest absolute Gasteiger partial charge is 0.394 e. The van der Waals surface area contributed by atoms with Gasteiger partial charge < -0.3 is 25.0 Å². The highest BCUT2D eigenvalue weighted by atomic mass is 32.1. The maximum atomic E-state index is 10.1. The summed E-state index contributed by atoms with van der Waals surface area (Å²) in [5.74, 6) is 0. The fourth-order valence-corrected chi connectivity index (χ4v) is 2.85.